The number of amides is 1. The maximum absolute atomic E-state index is 12.0. The van der Waals surface area contributed by atoms with Gasteiger partial charge in [0.2, 0.25) is 0 Å². The molecule has 2 aromatic rings. The van der Waals surface area contributed by atoms with Crippen LogP contribution in [0.5, 0.6) is 0 Å². The molecule has 0 aromatic carbocycles. The molecule has 0 aliphatic heterocycles. The summed E-state index contributed by atoms with van der Waals surface area (Å²) in [4.78, 5) is 16.1. The third kappa shape index (κ3) is 2.38. The van der Waals surface area contributed by atoms with Crippen LogP contribution in [0.15, 0.2) is 18.6 Å². The summed E-state index contributed by atoms with van der Waals surface area (Å²) in [6.07, 6.45) is 3.14. The van der Waals surface area contributed by atoms with E-state index in [0.29, 0.717) is 16.5 Å². The molecule has 0 fully saturated rings. The summed E-state index contributed by atoms with van der Waals surface area (Å²) in [6.45, 7) is 1.85. The highest BCUT2D eigenvalue weighted by atomic mass is 35.5. The second-order valence-corrected chi connectivity index (χ2v) is 4.53. The third-order valence-corrected chi connectivity index (χ3v) is 2.89. The Morgan fingerprint density at radius 2 is 2.22 bits per heavy atom. The van der Waals surface area contributed by atoms with Gasteiger partial charge in [-0.25, -0.2) is 4.98 Å². The lowest BCUT2D eigenvalue weighted by Gasteiger charge is -2.13. The van der Waals surface area contributed by atoms with Crippen molar-refractivity contribution in [2.75, 3.05) is 0 Å². The first kappa shape index (κ1) is 12.6. The number of nitrogens with one attached hydrogen (secondary N) is 1. The molecule has 18 heavy (non-hydrogen) atoms. The Bertz CT molecular complexity index is 574. The zero-order valence-electron chi connectivity index (χ0n) is 10.4. The van der Waals surface area contributed by atoms with Gasteiger partial charge in [0.15, 0.2) is 0 Å². The van der Waals surface area contributed by atoms with Crippen molar-refractivity contribution < 1.29 is 4.79 Å². The number of nitrogens with zero attached hydrogens (tertiary/aromatic N) is 4. The molecule has 96 valence electrons. The van der Waals surface area contributed by atoms with Crippen molar-refractivity contribution in [2.24, 2.45) is 14.1 Å². The van der Waals surface area contributed by atoms with Crippen molar-refractivity contribution in [3.8, 4) is 0 Å². The minimum Gasteiger partial charge on any atom is -0.345 e. The average molecular weight is 268 g/mol. The molecule has 0 radical (unpaired) electrons. The molecule has 6 nitrogen and oxygen atoms in total. The van der Waals surface area contributed by atoms with Gasteiger partial charge in [0.1, 0.15) is 17.8 Å². The number of aryl methyl sites for hydroxylation is 2. The van der Waals surface area contributed by atoms with Crippen LogP contribution >= 0.6 is 11.6 Å². The van der Waals surface area contributed by atoms with E-state index >= 15 is 0 Å². The molecule has 2 heterocycles. The second-order valence-electron chi connectivity index (χ2n) is 4.09. The quantitative estimate of drug-likeness (QED) is 0.912. The van der Waals surface area contributed by atoms with Crippen LogP contribution in [-0.2, 0) is 14.1 Å². The van der Waals surface area contributed by atoms with Gasteiger partial charge in [-0.2, -0.15) is 5.10 Å². The first-order chi connectivity index (χ1) is 8.49. The molecule has 0 aliphatic rings. The highest BCUT2D eigenvalue weighted by Crippen LogP contribution is 2.14. The summed E-state index contributed by atoms with van der Waals surface area (Å²) in [7, 11) is 3.55. The Labute approximate surface area is 110 Å². The van der Waals surface area contributed by atoms with Gasteiger partial charge in [0.05, 0.1) is 11.1 Å². The molecule has 1 amide bonds. The van der Waals surface area contributed by atoms with E-state index in [9.17, 15) is 4.79 Å². The van der Waals surface area contributed by atoms with Gasteiger partial charge in [-0.05, 0) is 13.0 Å². The van der Waals surface area contributed by atoms with Crippen LogP contribution in [0.1, 0.15) is 29.3 Å². The fourth-order valence-electron chi connectivity index (χ4n) is 1.78. The number of carbonyl (C=O) groups excluding carboxylic acids is 1. The maximum Gasteiger partial charge on any atom is 0.268 e. The molecule has 0 saturated heterocycles. The summed E-state index contributed by atoms with van der Waals surface area (Å²) in [5.41, 5.74) is 0.508. The van der Waals surface area contributed by atoms with E-state index < -0.39 is 0 Å². The minimum absolute atomic E-state index is 0.195. The van der Waals surface area contributed by atoms with Crippen LogP contribution in [0, 0.1) is 0 Å². The Morgan fingerprint density at radius 3 is 2.72 bits per heavy atom. The van der Waals surface area contributed by atoms with Crippen LogP contribution in [0.2, 0.25) is 5.02 Å². The van der Waals surface area contributed by atoms with Crippen molar-refractivity contribution in [3.63, 3.8) is 0 Å². The highest BCUT2D eigenvalue weighted by molar-refractivity contribution is 6.31. The summed E-state index contributed by atoms with van der Waals surface area (Å²) < 4.78 is 3.31. The second kappa shape index (κ2) is 4.81. The number of rotatable bonds is 3. The molecule has 0 bridgehead atoms. The van der Waals surface area contributed by atoms with E-state index in [1.165, 1.54) is 6.33 Å². The van der Waals surface area contributed by atoms with E-state index in [4.69, 9.17) is 11.6 Å². The van der Waals surface area contributed by atoms with E-state index in [0.717, 1.165) is 0 Å². The summed E-state index contributed by atoms with van der Waals surface area (Å²) >= 11 is 5.84. The van der Waals surface area contributed by atoms with Crippen LogP contribution in [0.25, 0.3) is 0 Å². The smallest absolute Gasteiger partial charge is 0.268 e. The van der Waals surface area contributed by atoms with Gasteiger partial charge < -0.3 is 9.88 Å². The molecular weight excluding hydrogens is 254 g/mol. The summed E-state index contributed by atoms with van der Waals surface area (Å²) in [5.74, 6) is 0.503. The molecule has 0 aliphatic carbocycles. The molecule has 1 N–H and O–H groups in total. The van der Waals surface area contributed by atoms with Crippen LogP contribution in [-0.4, -0.2) is 25.2 Å². The fraction of sp³-hybridized carbons (Fsp3) is 0.364. The Morgan fingerprint density at radius 1 is 1.50 bits per heavy atom. The predicted molar refractivity (Wildman–Crippen MR) is 67.3 cm³/mol. The van der Waals surface area contributed by atoms with Crippen molar-refractivity contribution in [3.05, 3.63) is 35.1 Å². The van der Waals surface area contributed by atoms with Crippen LogP contribution in [0.4, 0.5) is 0 Å². The van der Waals surface area contributed by atoms with Gasteiger partial charge in [0, 0.05) is 20.3 Å². The summed E-state index contributed by atoms with van der Waals surface area (Å²) in [6, 6.07) is 1.40. The van der Waals surface area contributed by atoms with E-state index in [1.54, 1.807) is 35.6 Å². The van der Waals surface area contributed by atoms with Gasteiger partial charge in [-0.15, -0.1) is 0 Å². The fourth-order valence-corrected chi connectivity index (χ4v) is 2.03. The number of halogens is 1. The number of aromatic nitrogens is 4. The van der Waals surface area contributed by atoms with Crippen LogP contribution in [0.3, 0.4) is 0 Å². The number of hydrogen-bond donors (Lipinski definition) is 1. The SMILES string of the molecule is C[C@@H](NC(=O)c1cc(Cl)cn1C)c1ncnn1C. The zero-order chi connectivity index (χ0) is 13.3. The largest absolute Gasteiger partial charge is 0.345 e. The molecular formula is C11H14ClN5O. The number of hydrogen-bond acceptors (Lipinski definition) is 3. The lowest BCUT2D eigenvalue weighted by Crippen LogP contribution is -2.29. The van der Waals surface area contributed by atoms with Crippen molar-refractivity contribution in [1.82, 2.24) is 24.6 Å². The Kier molecular flexibility index (Phi) is 3.38. The standard InChI is InChI=1S/C11H14ClN5O/c1-7(10-13-6-14-17(10)3)15-11(18)9-4-8(12)5-16(9)2/h4-7H,1-3H3,(H,15,18)/t7-/m1/s1. The highest BCUT2D eigenvalue weighted by Gasteiger charge is 2.17. The normalized spacial score (nSPS) is 12.4. The van der Waals surface area contributed by atoms with Crippen LogP contribution < -0.4 is 5.32 Å². The Hall–Kier alpha value is -1.82. The summed E-state index contributed by atoms with van der Waals surface area (Å²) in [5, 5.41) is 7.36. The third-order valence-electron chi connectivity index (χ3n) is 2.69. The monoisotopic (exact) mass is 267 g/mol. The molecule has 0 spiro atoms. The maximum atomic E-state index is 12.0. The van der Waals surface area contributed by atoms with Gasteiger partial charge >= 0.3 is 0 Å². The number of carbonyl (C=O) groups is 1. The van der Waals surface area contributed by atoms with Crippen molar-refractivity contribution in [2.45, 2.75) is 13.0 Å². The van der Waals surface area contributed by atoms with Crippen molar-refractivity contribution in [1.29, 1.82) is 0 Å². The molecule has 1 atom stereocenters. The van der Waals surface area contributed by atoms with Gasteiger partial charge in [-0.1, -0.05) is 11.6 Å². The van der Waals surface area contributed by atoms with Gasteiger partial charge in [0.25, 0.3) is 5.91 Å². The predicted octanol–water partition coefficient (Wildman–Crippen LogP) is 1.30. The Balaban J connectivity index is 2.13. The van der Waals surface area contributed by atoms with Crippen molar-refractivity contribution >= 4 is 17.5 Å². The van der Waals surface area contributed by atoms with E-state index in [1.807, 2.05) is 6.92 Å². The molecule has 0 unspecified atom stereocenters. The minimum atomic E-state index is -0.223. The van der Waals surface area contributed by atoms with E-state index in [2.05, 4.69) is 15.4 Å². The lowest BCUT2D eigenvalue weighted by molar-refractivity contribution is 0.0929. The molecule has 2 aromatic heterocycles. The zero-order valence-corrected chi connectivity index (χ0v) is 11.1. The average Bonchev–Trinajstić information content (AvgIpc) is 2.84. The van der Waals surface area contributed by atoms with E-state index in [-0.39, 0.29) is 11.9 Å². The molecule has 0 saturated carbocycles. The first-order valence-electron chi connectivity index (χ1n) is 5.45. The molecule has 2 rings (SSSR count). The topological polar surface area (TPSA) is 64.7 Å². The molecule has 7 heteroatoms. The first-order valence-corrected chi connectivity index (χ1v) is 5.83. The van der Waals surface area contributed by atoms with Gasteiger partial charge in [-0.3, -0.25) is 9.48 Å². The lowest BCUT2D eigenvalue weighted by atomic mass is 10.3.